The van der Waals surface area contributed by atoms with Crippen molar-refractivity contribution >= 4 is 12.4 Å². The fraction of sp³-hybridized carbons (Fsp3) is 0.727. The topological polar surface area (TPSA) is 28.7 Å². The third kappa shape index (κ3) is 4.14. The number of imidazole rings is 1. The van der Waals surface area contributed by atoms with E-state index in [0.29, 0.717) is 11.8 Å². The van der Waals surface area contributed by atoms with Crippen LogP contribution in [0.3, 0.4) is 0 Å². The predicted octanol–water partition coefficient (Wildman–Crippen LogP) is 3.23. The van der Waals surface area contributed by atoms with Gasteiger partial charge in [0.15, 0.2) is 0 Å². The van der Waals surface area contributed by atoms with Crippen LogP contribution in [0.4, 0.5) is 0 Å². The number of rotatable bonds is 4. The Kier molecular flexibility index (Phi) is 5.86. The number of hydrogen-bond donors (Lipinski definition) is 1. The minimum Gasteiger partial charge on any atom is -0.348 e. The van der Waals surface area contributed by atoms with E-state index >= 15 is 0 Å². The van der Waals surface area contributed by atoms with Gasteiger partial charge in [0.1, 0.15) is 0 Å². The van der Waals surface area contributed by atoms with Gasteiger partial charge in [-0.3, -0.25) is 0 Å². The predicted molar refractivity (Wildman–Crippen MR) is 62.9 cm³/mol. The summed E-state index contributed by atoms with van der Waals surface area (Å²) in [6.45, 7) is 8.93. The summed E-state index contributed by atoms with van der Waals surface area (Å²) < 4.78 is 0. The molecule has 2 nitrogen and oxygen atoms in total. The zero-order valence-electron chi connectivity index (χ0n) is 9.50. The van der Waals surface area contributed by atoms with Gasteiger partial charge >= 0.3 is 0 Å². The molecule has 1 heterocycles. The minimum absolute atomic E-state index is 0. The zero-order valence-corrected chi connectivity index (χ0v) is 10.3. The SMILES string of the molecule is CC(C)Cc1nc[nH]c1CC(C)C.Cl. The highest BCUT2D eigenvalue weighted by Crippen LogP contribution is 2.13. The van der Waals surface area contributed by atoms with Gasteiger partial charge in [0, 0.05) is 5.69 Å². The van der Waals surface area contributed by atoms with Gasteiger partial charge in [0.05, 0.1) is 12.0 Å². The van der Waals surface area contributed by atoms with E-state index in [9.17, 15) is 0 Å². The highest BCUT2D eigenvalue weighted by molar-refractivity contribution is 5.85. The average molecular weight is 217 g/mol. The fourth-order valence-corrected chi connectivity index (χ4v) is 1.50. The Morgan fingerprint density at radius 1 is 1.14 bits per heavy atom. The standard InChI is InChI=1S/C11H20N2.ClH/c1-8(2)5-10-11(6-9(3)4)13-7-12-10;/h7-9H,5-6H2,1-4H3,(H,12,13);1H. The molecule has 0 aliphatic rings. The van der Waals surface area contributed by atoms with Crippen LogP contribution in [-0.4, -0.2) is 9.97 Å². The summed E-state index contributed by atoms with van der Waals surface area (Å²) in [6.07, 6.45) is 4.02. The molecule has 1 aromatic heterocycles. The maximum atomic E-state index is 4.35. The van der Waals surface area contributed by atoms with Gasteiger partial charge in [-0.15, -0.1) is 12.4 Å². The molecule has 82 valence electrons. The maximum Gasteiger partial charge on any atom is 0.0925 e. The quantitative estimate of drug-likeness (QED) is 0.823. The van der Waals surface area contributed by atoms with Gasteiger partial charge in [0.25, 0.3) is 0 Å². The molecule has 14 heavy (non-hydrogen) atoms. The first-order valence-corrected chi connectivity index (χ1v) is 5.10. The van der Waals surface area contributed by atoms with Crippen LogP contribution in [0.25, 0.3) is 0 Å². The molecule has 0 fully saturated rings. The van der Waals surface area contributed by atoms with E-state index in [-0.39, 0.29) is 12.4 Å². The van der Waals surface area contributed by atoms with Crippen LogP contribution in [0.15, 0.2) is 6.33 Å². The number of hydrogen-bond acceptors (Lipinski definition) is 1. The van der Waals surface area contributed by atoms with Crippen molar-refractivity contribution in [3.63, 3.8) is 0 Å². The lowest BCUT2D eigenvalue weighted by Crippen LogP contribution is -2.02. The highest BCUT2D eigenvalue weighted by atomic mass is 35.5. The van der Waals surface area contributed by atoms with Crippen molar-refractivity contribution < 1.29 is 0 Å². The molecule has 0 unspecified atom stereocenters. The van der Waals surface area contributed by atoms with Crippen molar-refractivity contribution in [1.29, 1.82) is 0 Å². The molecule has 0 bridgehead atoms. The molecule has 1 rings (SSSR count). The lowest BCUT2D eigenvalue weighted by atomic mass is 10.0. The van der Waals surface area contributed by atoms with Crippen LogP contribution < -0.4 is 0 Å². The number of aromatic amines is 1. The van der Waals surface area contributed by atoms with Crippen LogP contribution in [0.5, 0.6) is 0 Å². The Bertz CT molecular complexity index is 229. The molecule has 0 radical (unpaired) electrons. The Hall–Kier alpha value is -0.500. The van der Waals surface area contributed by atoms with Gasteiger partial charge in [-0.05, 0) is 24.7 Å². The monoisotopic (exact) mass is 216 g/mol. The third-order valence-corrected chi connectivity index (χ3v) is 2.02. The van der Waals surface area contributed by atoms with Gasteiger partial charge in [-0.2, -0.15) is 0 Å². The fourth-order valence-electron chi connectivity index (χ4n) is 1.50. The number of aromatic nitrogens is 2. The third-order valence-electron chi connectivity index (χ3n) is 2.02. The normalized spacial score (nSPS) is 10.7. The van der Waals surface area contributed by atoms with Crippen molar-refractivity contribution in [2.75, 3.05) is 0 Å². The van der Waals surface area contributed by atoms with E-state index < -0.39 is 0 Å². The first kappa shape index (κ1) is 13.5. The number of nitrogens with one attached hydrogen (secondary N) is 1. The summed E-state index contributed by atoms with van der Waals surface area (Å²) in [5.74, 6) is 1.39. The summed E-state index contributed by atoms with van der Waals surface area (Å²) in [4.78, 5) is 7.59. The number of H-pyrrole nitrogens is 1. The van der Waals surface area contributed by atoms with Crippen LogP contribution >= 0.6 is 12.4 Å². The molecule has 0 amide bonds. The van der Waals surface area contributed by atoms with Gasteiger partial charge < -0.3 is 4.98 Å². The molecular formula is C11H21ClN2. The lowest BCUT2D eigenvalue weighted by molar-refractivity contribution is 0.604. The Labute approximate surface area is 92.9 Å². The van der Waals surface area contributed by atoms with Crippen LogP contribution in [0.1, 0.15) is 39.1 Å². The molecule has 0 spiro atoms. The van der Waals surface area contributed by atoms with E-state index in [2.05, 4.69) is 37.7 Å². The van der Waals surface area contributed by atoms with Crippen molar-refractivity contribution in [3.05, 3.63) is 17.7 Å². The van der Waals surface area contributed by atoms with Crippen molar-refractivity contribution in [2.45, 2.75) is 40.5 Å². The zero-order chi connectivity index (χ0) is 9.84. The van der Waals surface area contributed by atoms with Crippen molar-refractivity contribution in [2.24, 2.45) is 11.8 Å². The van der Waals surface area contributed by atoms with Gasteiger partial charge in [-0.25, -0.2) is 4.98 Å². The van der Waals surface area contributed by atoms with Crippen LogP contribution in [-0.2, 0) is 12.8 Å². The molecule has 0 saturated carbocycles. The number of halogens is 1. The number of nitrogens with zero attached hydrogens (tertiary/aromatic N) is 1. The molecule has 0 saturated heterocycles. The second-order valence-electron chi connectivity index (χ2n) is 4.52. The first-order chi connectivity index (χ1) is 6.09. The first-order valence-electron chi connectivity index (χ1n) is 5.10. The summed E-state index contributed by atoms with van der Waals surface area (Å²) >= 11 is 0. The van der Waals surface area contributed by atoms with Crippen LogP contribution in [0, 0.1) is 11.8 Å². The Balaban J connectivity index is 0.00000169. The minimum atomic E-state index is 0. The summed E-state index contributed by atoms with van der Waals surface area (Å²) in [6, 6.07) is 0. The Morgan fingerprint density at radius 3 is 2.21 bits per heavy atom. The maximum absolute atomic E-state index is 4.35. The second-order valence-corrected chi connectivity index (χ2v) is 4.52. The summed E-state index contributed by atoms with van der Waals surface area (Å²) in [5, 5.41) is 0. The molecule has 0 aromatic carbocycles. The molecule has 0 aliphatic heterocycles. The van der Waals surface area contributed by atoms with Crippen molar-refractivity contribution in [1.82, 2.24) is 9.97 Å². The van der Waals surface area contributed by atoms with Crippen LogP contribution in [0.2, 0.25) is 0 Å². The molecule has 3 heteroatoms. The molecule has 1 N–H and O–H groups in total. The highest BCUT2D eigenvalue weighted by Gasteiger charge is 2.08. The Morgan fingerprint density at radius 2 is 1.71 bits per heavy atom. The molecular weight excluding hydrogens is 196 g/mol. The van der Waals surface area contributed by atoms with E-state index in [0.717, 1.165) is 12.8 Å². The molecule has 0 atom stereocenters. The van der Waals surface area contributed by atoms with E-state index in [1.807, 2.05) is 6.33 Å². The smallest absolute Gasteiger partial charge is 0.0925 e. The largest absolute Gasteiger partial charge is 0.348 e. The molecule has 1 aromatic rings. The second kappa shape index (κ2) is 6.07. The summed E-state index contributed by atoms with van der Waals surface area (Å²) in [5.41, 5.74) is 2.58. The van der Waals surface area contributed by atoms with E-state index in [1.165, 1.54) is 11.4 Å². The van der Waals surface area contributed by atoms with Gasteiger partial charge in [0.2, 0.25) is 0 Å². The van der Waals surface area contributed by atoms with Crippen molar-refractivity contribution in [3.8, 4) is 0 Å². The lowest BCUT2D eigenvalue weighted by Gasteiger charge is -2.07. The summed E-state index contributed by atoms with van der Waals surface area (Å²) in [7, 11) is 0. The van der Waals surface area contributed by atoms with Gasteiger partial charge in [-0.1, -0.05) is 27.7 Å². The molecule has 0 aliphatic carbocycles. The van der Waals surface area contributed by atoms with E-state index in [4.69, 9.17) is 0 Å². The van der Waals surface area contributed by atoms with E-state index in [1.54, 1.807) is 0 Å². The average Bonchev–Trinajstić information content (AvgIpc) is 2.34.